The maximum atomic E-state index is 12.9. The van der Waals surface area contributed by atoms with Crippen molar-refractivity contribution in [1.29, 1.82) is 5.41 Å². The Labute approximate surface area is 176 Å². The number of alkyl halides is 3. The molecule has 1 aromatic heterocycles. The van der Waals surface area contributed by atoms with Crippen molar-refractivity contribution < 1.29 is 31.9 Å². The van der Waals surface area contributed by atoms with E-state index in [0.29, 0.717) is 21.9 Å². The highest BCUT2D eigenvalue weighted by molar-refractivity contribution is 8.27. The predicted octanol–water partition coefficient (Wildman–Crippen LogP) is 3.91. The third-order valence-corrected chi connectivity index (χ3v) is 5.15. The monoisotopic (exact) mass is 448 g/mol. The summed E-state index contributed by atoms with van der Waals surface area (Å²) in [5.41, 5.74) is 0.730. The van der Waals surface area contributed by atoms with Crippen LogP contribution >= 0.6 is 11.8 Å². The van der Waals surface area contributed by atoms with Gasteiger partial charge >= 0.3 is 12.1 Å². The summed E-state index contributed by atoms with van der Waals surface area (Å²) in [5.74, 6) is -1.30. The van der Waals surface area contributed by atoms with Crippen LogP contribution in [0, 0.1) is 5.41 Å². The molecule has 0 unspecified atom stereocenters. The zero-order chi connectivity index (χ0) is 22.3. The number of thioether (sulfide) groups is 1. The first-order valence-corrected chi connectivity index (χ1v) is 9.35. The average molecular weight is 448 g/mol. The lowest BCUT2D eigenvalue weighted by Gasteiger charge is -2.19. The van der Waals surface area contributed by atoms with Gasteiger partial charge in [0, 0.05) is 5.56 Å². The van der Waals surface area contributed by atoms with Crippen molar-refractivity contribution in [2.75, 3.05) is 7.11 Å². The van der Waals surface area contributed by atoms with Crippen LogP contribution in [-0.4, -0.2) is 46.2 Å². The second-order valence-corrected chi connectivity index (χ2v) is 7.15. The Bertz CT molecular complexity index is 1200. The number of aliphatic imine (C=N–C) groups is 1. The number of carbonyl (C=O) groups excluding carboxylic acids is 2. The van der Waals surface area contributed by atoms with Crippen molar-refractivity contribution in [3.05, 3.63) is 53.3 Å². The summed E-state index contributed by atoms with van der Waals surface area (Å²) in [7, 11) is 1.27. The zero-order valence-corrected chi connectivity index (χ0v) is 16.4. The van der Waals surface area contributed by atoms with Gasteiger partial charge in [0.15, 0.2) is 5.84 Å². The lowest BCUT2D eigenvalue weighted by Crippen LogP contribution is -2.35. The van der Waals surface area contributed by atoms with E-state index in [1.54, 1.807) is 30.3 Å². The first-order chi connectivity index (χ1) is 14.7. The van der Waals surface area contributed by atoms with Crippen molar-refractivity contribution in [1.82, 2.24) is 5.01 Å². The minimum Gasteiger partial charge on any atom is -0.465 e. The molecule has 8 nitrogen and oxygen atoms in total. The highest BCUT2D eigenvalue weighted by Gasteiger charge is 2.46. The van der Waals surface area contributed by atoms with Crippen molar-refractivity contribution in [3.8, 4) is 11.3 Å². The van der Waals surface area contributed by atoms with E-state index in [4.69, 9.17) is 9.83 Å². The lowest BCUT2D eigenvalue weighted by atomic mass is 10.1. The fraction of sp³-hybridized carbons (Fsp3) is 0.105. The molecule has 0 aliphatic carbocycles. The summed E-state index contributed by atoms with van der Waals surface area (Å²) >= 11 is 0.179. The number of hydrogen-bond acceptors (Lipinski definition) is 7. The number of ether oxygens (including phenoxy) is 1. The topological polar surface area (TPSA) is 108 Å². The number of benzene rings is 1. The van der Waals surface area contributed by atoms with E-state index in [-0.39, 0.29) is 28.3 Å². The number of amides is 1. The summed E-state index contributed by atoms with van der Waals surface area (Å²) in [6.07, 6.45) is -3.50. The molecule has 0 bridgehead atoms. The molecule has 0 saturated carbocycles. The van der Waals surface area contributed by atoms with Crippen LogP contribution < -0.4 is 0 Å². The molecule has 1 amide bonds. The number of nitrogens with zero attached hydrogens (tertiary/aromatic N) is 3. The Hall–Kier alpha value is -3.67. The van der Waals surface area contributed by atoms with Gasteiger partial charge in [-0.1, -0.05) is 12.1 Å². The smallest absolute Gasteiger partial charge is 0.441 e. The van der Waals surface area contributed by atoms with Crippen molar-refractivity contribution in [3.63, 3.8) is 0 Å². The van der Waals surface area contributed by atoms with Crippen molar-refractivity contribution in [2.45, 2.75) is 6.18 Å². The number of halogens is 3. The van der Waals surface area contributed by atoms with E-state index in [0.717, 1.165) is 0 Å². The molecule has 0 atom stereocenters. The summed E-state index contributed by atoms with van der Waals surface area (Å²) in [6, 6.07) is 9.53. The largest absolute Gasteiger partial charge is 0.465 e. The minimum atomic E-state index is -4.71. The van der Waals surface area contributed by atoms with E-state index >= 15 is 0 Å². The van der Waals surface area contributed by atoms with Crippen LogP contribution in [0.15, 0.2) is 56.5 Å². The Balaban J connectivity index is 1.60. The highest BCUT2D eigenvalue weighted by atomic mass is 32.2. The van der Waals surface area contributed by atoms with Gasteiger partial charge in [-0.15, -0.1) is 0 Å². The fourth-order valence-corrected chi connectivity index (χ4v) is 3.48. The molecular weight excluding hydrogens is 437 g/mol. The second kappa shape index (κ2) is 7.54. The van der Waals surface area contributed by atoms with Crippen LogP contribution in [0.1, 0.15) is 16.1 Å². The molecular formula is C19H11F3N4O4S. The van der Waals surface area contributed by atoms with Crippen LogP contribution in [0.25, 0.3) is 17.4 Å². The number of nitrogens with one attached hydrogen (secondary N) is 1. The number of hydrazone groups is 1. The maximum absolute atomic E-state index is 12.9. The minimum absolute atomic E-state index is 0.179. The molecule has 12 heteroatoms. The first kappa shape index (κ1) is 20.6. The summed E-state index contributed by atoms with van der Waals surface area (Å²) in [4.78, 5) is 27.4. The third kappa shape index (κ3) is 3.89. The van der Waals surface area contributed by atoms with Gasteiger partial charge in [0.1, 0.15) is 11.5 Å². The molecule has 31 heavy (non-hydrogen) atoms. The molecule has 158 valence electrons. The van der Waals surface area contributed by atoms with Crippen molar-refractivity contribution in [2.24, 2.45) is 10.1 Å². The SMILES string of the molecule is COC(=O)c1ccc(-c2ccc(/C=C3\C(=N)N4N=C(C(F)(F)F)SC4=NC3=O)o2)cc1. The van der Waals surface area contributed by atoms with Crippen LogP contribution in [0.5, 0.6) is 0 Å². The average Bonchev–Trinajstić information content (AvgIpc) is 3.38. The summed E-state index contributed by atoms with van der Waals surface area (Å²) in [6.45, 7) is 0. The molecule has 2 aliphatic rings. The molecule has 0 spiro atoms. The van der Waals surface area contributed by atoms with E-state index in [1.165, 1.54) is 19.3 Å². The second-order valence-electron chi connectivity index (χ2n) is 6.19. The van der Waals surface area contributed by atoms with E-state index in [2.05, 4.69) is 14.8 Å². The molecule has 3 heterocycles. The van der Waals surface area contributed by atoms with Crippen molar-refractivity contribution >= 4 is 45.8 Å². The highest BCUT2D eigenvalue weighted by Crippen LogP contribution is 2.35. The predicted molar refractivity (Wildman–Crippen MR) is 107 cm³/mol. The Morgan fingerprint density at radius 3 is 2.58 bits per heavy atom. The Morgan fingerprint density at radius 2 is 1.94 bits per heavy atom. The zero-order valence-electron chi connectivity index (χ0n) is 15.6. The van der Waals surface area contributed by atoms with Gasteiger partial charge in [0.25, 0.3) is 5.91 Å². The molecule has 0 radical (unpaired) electrons. The molecule has 2 aliphatic heterocycles. The van der Waals surface area contributed by atoms with Gasteiger partial charge in [0.2, 0.25) is 10.2 Å². The number of furan rings is 1. The summed E-state index contributed by atoms with van der Waals surface area (Å²) < 4.78 is 48.9. The number of methoxy groups -OCH3 is 1. The molecule has 1 N–H and O–H groups in total. The van der Waals surface area contributed by atoms with E-state index in [9.17, 15) is 22.8 Å². The molecule has 4 rings (SSSR count). The Kier molecular flexibility index (Phi) is 5.01. The molecule has 1 aromatic carbocycles. The van der Waals surface area contributed by atoms with Gasteiger partial charge in [-0.25, -0.2) is 4.79 Å². The number of fused-ring (bicyclic) bond motifs is 1. The van der Waals surface area contributed by atoms with Crippen LogP contribution in [-0.2, 0) is 9.53 Å². The molecule has 0 fully saturated rings. The number of hydrogen-bond donors (Lipinski definition) is 1. The maximum Gasteiger partial charge on any atom is 0.441 e. The Morgan fingerprint density at radius 1 is 1.23 bits per heavy atom. The van der Waals surface area contributed by atoms with Crippen LogP contribution in [0.2, 0.25) is 0 Å². The number of amidine groups is 2. The van der Waals surface area contributed by atoms with Gasteiger partial charge in [0.05, 0.1) is 18.2 Å². The fourth-order valence-electron chi connectivity index (χ4n) is 2.72. The van der Waals surface area contributed by atoms with Gasteiger partial charge in [-0.05, 0) is 42.1 Å². The van der Waals surface area contributed by atoms with Gasteiger partial charge in [-0.3, -0.25) is 10.2 Å². The molecule has 0 saturated heterocycles. The van der Waals surface area contributed by atoms with E-state index in [1.807, 2.05) is 0 Å². The third-order valence-electron chi connectivity index (χ3n) is 4.20. The van der Waals surface area contributed by atoms with E-state index < -0.39 is 28.9 Å². The van der Waals surface area contributed by atoms with Crippen LogP contribution in [0.4, 0.5) is 13.2 Å². The van der Waals surface area contributed by atoms with Gasteiger partial charge in [-0.2, -0.15) is 28.3 Å². The number of esters is 1. The molecule has 2 aromatic rings. The summed E-state index contributed by atoms with van der Waals surface area (Å²) in [5, 5.41) is 10.6. The van der Waals surface area contributed by atoms with Gasteiger partial charge < -0.3 is 9.15 Å². The number of carbonyl (C=O) groups is 2. The van der Waals surface area contributed by atoms with Crippen LogP contribution in [0.3, 0.4) is 0 Å². The standard InChI is InChI=1S/C19H11F3N4O4S/c1-29-16(28)10-4-2-9(3-5-10)13-7-6-11(30-13)8-12-14(23)26-18(24-15(12)27)31-17(25-26)19(20,21)22/h2-8,23H,1H3/b12-8+,23-14?. The lowest BCUT2D eigenvalue weighted by molar-refractivity contribution is -0.114. The first-order valence-electron chi connectivity index (χ1n) is 8.53. The number of rotatable bonds is 3. The normalized spacial score (nSPS) is 17.5. The quantitative estimate of drug-likeness (QED) is 0.563.